The monoisotopic (exact) mass is 697 g/mol. The number of sulfone groups is 1. The number of ether oxygens (including phenoxy) is 1. The Bertz CT molecular complexity index is 1590. The number of nitrogens with zero attached hydrogens (tertiary/aromatic N) is 3. The van der Waals surface area contributed by atoms with E-state index in [1.807, 2.05) is 43.3 Å². The molecule has 3 N–H and O–H groups in total. The van der Waals surface area contributed by atoms with E-state index in [4.69, 9.17) is 14.9 Å². The van der Waals surface area contributed by atoms with Crippen LogP contribution in [0.4, 0.5) is 5.69 Å². The fourth-order valence-electron chi connectivity index (χ4n) is 6.49. The third kappa shape index (κ3) is 10.5. The number of benzene rings is 2. The zero-order valence-corrected chi connectivity index (χ0v) is 29.9. The second kappa shape index (κ2) is 17.6. The van der Waals surface area contributed by atoms with Crippen molar-refractivity contribution < 1.29 is 38.1 Å². The lowest BCUT2D eigenvalue weighted by Gasteiger charge is -2.40. The van der Waals surface area contributed by atoms with E-state index in [0.717, 1.165) is 36.9 Å². The van der Waals surface area contributed by atoms with Crippen LogP contribution in [-0.2, 0) is 19.4 Å². The maximum absolute atomic E-state index is 14.1. The van der Waals surface area contributed by atoms with E-state index in [0.29, 0.717) is 35.6 Å². The summed E-state index contributed by atoms with van der Waals surface area (Å²) in [5.41, 5.74) is 2.04. The third-order valence-corrected chi connectivity index (χ3v) is 10.9. The van der Waals surface area contributed by atoms with Gasteiger partial charge in [-0.05, 0) is 60.4 Å². The van der Waals surface area contributed by atoms with Crippen LogP contribution in [0.1, 0.15) is 69.4 Å². The molecule has 0 amide bonds. The van der Waals surface area contributed by atoms with Gasteiger partial charge >= 0.3 is 11.9 Å². The van der Waals surface area contributed by atoms with E-state index in [1.54, 1.807) is 18.2 Å². The average molecular weight is 698 g/mol. The summed E-state index contributed by atoms with van der Waals surface area (Å²) in [4.78, 5) is 30.1. The molecule has 49 heavy (non-hydrogen) atoms. The molecule has 1 aliphatic rings. The van der Waals surface area contributed by atoms with E-state index >= 15 is 0 Å². The summed E-state index contributed by atoms with van der Waals surface area (Å²) in [6.45, 7) is 10.8. The summed E-state index contributed by atoms with van der Waals surface area (Å²) in [6, 6.07) is 12.6. The highest BCUT2D eigenvalue weighted by Gasteiger charge is 2.49. The molecule has 12 heteroatoms. The lowest BCUT2D eigenvalue weighted by Crippen LogP contribution is -2.43. The van der Waals surface area contributed by atoms with Crippen LogP contribution in [0.3, 0.4) is 0 Å². The first-order valence-electron chi connectivity index (χ1n) is 16.6. The molecular weight excluding hydrogens is 646 g/mol. The molecule has 0 radical (unpaired) electrons. The lowest BCUT2D eigenvalue weighted by molar-refractivity contribution is -0.141. The van der Waals surface area contributed by atoms with E-state index in [1.165, 1.54) is 11.0 Å². The first kappa shape index (κ1) is 39.4. The van der Waals surface area contributed by atoms with E-state index < -0.39 is 52.3 Å². The largest absolute Gasteiger partial charge is 0.487 e. The molecule has 2 aromatic carbocycles. The van der Waals surface area contributed by atoms with Crippen molar-refractivity contribution in [3.8, 4) is 5.75 Å². The minimum absolute atomic E-state index is 0.00891. The smallest absolute Gasteiger partial charge is 0.317 e. The second-order valence-corrected chi connectivity index (χ2v) is 15.0. The number of rotatable bonds is 19. The molecule has 11 nitrogen and oxygen atoms in total. The molecular formula is C37H51N3O8S. The Kier molecular flexibility index (Phi) is 14.2. The van der Waals surface area contributed by atoms with Crippen LogP contribution in [0.5, 0.6) is 5.75 Å². The van der Waals surface area contributed by atoms with Gasteiger partial charge in [-0.2, -0.15) is 0 Å². The fourth-order valence-corrected chi connectivity index (χ4v) is 8.68. The topological polar surface area (TPSA) is 157 Å². The summed E-state index contributed by atoms with van der Waals surface area (Å²) in [5, 5.41) is 30.6. The van der Waals surface area contributed by atoms with Crippen LogP contribution in [0.15, 0.2) is 77.3 Å². The van der Waals surface area contributed by atoms with Crippen molar-refractivity contribution in [2.75, 3.05) is 51.0 Å². The normalized spacial score (nSPS) is 18.3. The SMILES string of the molecule is C=CC(CN(CC(=O)O)CC(=O)O)=NC(=C)COc1ccc([C@@H]2c3cc(N(C)C)ccc3S(=O)(=O)CC(CCCC)(CCCC)[C@@H]2O)cc1. The van der Waals surface area contributed by atoms with Gasteiger partial charge in [0.05, 0.1) is 41.3 Å². The molecule has 0 spiro atoms. The molecule has 0 fully saturated rings. The summed E-state index contributed by atoms with van der Waals surface area (Å²) in [5.74, 6) is -2.53. The number of fused-ring (bicyclic) bond motifs is 1. The first-order valence-corrected chi connectivity index (χ1v) is 18.3. The van der Waals surface area contributed by atoms with Gasteiger partial charge in [0.1, 0.15) is 12.4 Å². The van der Waals surface area contributed by atoms with E-state index in [-0.39, 0.29) is 23.8 Å². The summed E-state index contributed by atoms with van der Waals surface area (Å²) < 4.78 is 34.1. The molecule has 0 unspecified atom stereocenters. The molecule has 2 atom stereocenters. The number of carboxylic acids is 2. The summed E-state index contributed by atoms with van der Waals surface area (Å²) in [6.07, 6.45) is 5.09. The number of aliphatic imine (C=N–C) groups is 1. The van der Waals surface area contributed by atoms with Gasteiger partial charge in [0.2, 0.25) is 0 Å². The number of aliphatic hydroxyl groups excluding tert-OH is 1. The molecule has 0 bridgehead atoms. The highest BCUT2D eigenvalue weighted by molar-refractivity contribution is 7.91. The van der Waals surface area contributed by atoms with Crippen LogP contribution in [0.2, 0.25) is 0 Å². The Morgan fingerprint density at radius 1 is 1.00 bits per heavy atom. The molecule has 2 aromatic rings. The minimum atomic E-state index is -3.72. The Morgan fingerprint density at radius 3 is 2.10 bits per heavy atom. The third-order valence-electron chi connectivity index (χ3n) is 8.94. The number of carboxylic acid groups (broad SMARTS) is 2. The van der Waals surface area contributed by atoms with Crippen molar-refractivity contribution >= 4 is 33.2 Å². The molecule has 3 rings (SSSR count). The maximum atomic E-state index is 14.1. The molecule has 0 aromatic heterocycles. The van der Waals surface area contributed by atoms with Crippen LogP contribution < -0.4 is 9.64 Å². The van der Waals surface area contributed by atoms with Gasteiger partial charge in [0.25, 0.3) is 0 Å². The summed E-state index contributed by atoms with van der Waals surface area (Å²) >= 11 is 0. The number of unbranched alkanes of at least 4 members (excludes halogenated alkanes) is 2. The van der Waals surface area contributed by atoms with Gasteiger partial charge in [0.15, 0.2) is 9.84 Å². The fraction of sp³-hybridized carbons (Fsp3) is 0.486. The standard InChI is InChI=1S/C37H51N3O8S/c1-7-10-18-37(19-11-8-2)25-49(46,47)32-17-14-29(39(5)6)20-31(32)35(36(37)45)27-12-15-30(16-13-27)48-24-26(4)38-28(9-3)21-40(22-33(41)42)23-34(43)44/h9,12-17,20,35-36,45H,3-4,7-8,10-11,18-19,21-25H2,1-2,5-6H3,(H,41,42)(H,43,44)/t35-,36-/m1/s1. The van der Waals surface area contributed by atoms with Gasteiger partial charge in [-0.25, -0.2) is 8.42 Å². The van der Waals surface area contributed by atoms with Gasteiger partial charge in [0, 0.05) is 37.7 Å². The van der Waals surface area contributed by atoms with Crippen molar-refractivity contribution in [3.05, 3.63) is 78.5 Å². The summed E-state index contributed by atoms with van der Waals surface area (Å²) in [7, 11) is 0.0812. The quantitative estimate of drug-likeness (QED) is 0.163. The van der Waals surface area contributed by atoms with Crippen LogP contribution >= 0.6 is 0 Å². The number of aliphatic hydroxyl groups is 1. The van der Waals surface area contributed by atoms with E-state index in [2.05, 4.69) is 32.0 Å². The zero-order chi connectivity index (χ0) is 36.4. The van der Waals surface area contributed by atoms with E-state index in [9.17, 15) is 23.1 Å². The number of hydrogen-bond donors (Lipinski definition) is 3. The Balaban J connectivity index is 1.94. The molecule has 0 saturated carbocycles. The predicted octanol–water partition coefficient (Wildman–Crippen LogP) is 5.39. The van der Waals surface area contributed by atoms with Crippen molar-refractivity contribution in [2.24, 2.45) is 10.4 Å². The van der Waals surface area contributed by atoms with Crippen LogP contribution in [0, 0.1) is 5.41 Å². The maximum Gasteiger partial charge on any atom is 0.317 e. The average Bonchev–Trinajstić information content (AvgIpc) is 3.11. The van der Waals surface area contributed by atoms with Gasteiger partial charge in [-0.1, -0.05) is 64.8 Å². The zero-order valence-electron chi connectivity index (χ0n) is 29.1. The van der Waals surface area contributed by atoms with Gasteiger partial charge in [-0.3, -0.25) is 19.5 Å². The Morgan fingerprint density at radius 2 is 1.59 bits per heavy atom. The second-order valence-electron chi connectivity index (χ2n) is 13.0. The van der Waals surface area contributed by atoms with Crippen molar-refractivity contribution in [1.29, 1.82) is 0 Å². The Labute approximate surface area is 290 Å². The highest BCUT2D eigenvalue weighted by Crippen LogP contribution is 2.50. The lowest BCUT2D eigenvalue weighted by atomic mass is 9.68. The van der Waals surface area contributed by atoms with Crippen LogP contribution in [0.25, 0.3) is 0 Å². The Hall–Kier alpha value is -4.00. The van der Waals surface area contributed by atoms with Crippen molar-refractivity contribution in [1.82, 2.24) is 4.90 Å². The minimum Gasteiger partial charge on any atom is -0.487 e. The number of anilines is 1. The van der Waals surface area contributed by atoms with Crippen molar-refractivity contribution in [3.63, 3.8) is 0 Å². The van der Waals surface area contributed by atoms with Gasteiger partial charge in [-0.15, -0.1) is 0 Å². The molecule has 1 heterocycles. The number of hydrogen-bond acceptors (Lipinski definition) is 9. The molecule has 1 aliphatic heterocycles. The number of aliphatic carboxylic acids is 2. The van der Waals surface area contributed by atoms with Crippen molar-refractivity contribution in [2.45, 2.75) is 69.3 Å². The molecule has 268 valence electrons. The molecule has 0 aliphatic carbocycles. The predicted molar refractivity (Wildman–Crippen MR) is 193 cm³/mol. The highest BCUT2D eigenvalue weighted by atomic mass is 32.2. The first-order chi connectivity index (χ1) is 23.2. The number of carbonyl (C=O) groups is 2. The molecule has 0 saturated heterocycles. The van der Waals surface area contributed by atoms with Crippen LogP contribution in [-0.4, -0.2) is 98.5 Å². The van der Waals surface area contributed by atoms with Gasteiger partial charge < -0.3 is 25.0 Å².